The molecule has 0 radical (unpaired) electrons. The van der Waals surface area contributed by atoms with Gasteiger partial charge >= 0.3 is 6.18 Å². The number of alkyl halides is 3. The maximum Gasteiger partial charge on any atom is 0.416 e. The van der Waals surface area contributed by atoms with Crippen molar-refractivity contribution < 1.29 is 13.2 Å². The zero-order valence-electron chi connectivity index (χ0n) is 13.6. The first-order valence-electron chi connectivity index (χ1n) is 7.77. The standard InChI is InChI=1S/C20H14F3N3/c21-20(22,23)18-9-7-15(8-10-18)13-25-26-14-16-4-3-5-17(12-16)19-6-1-2-11-24-19/h1-14H. The molecule has 130 valence electrons. The Labute approximate surface area is 148 Å². The predicted molar refractivity (Wildman–Crippen MR) is 96.3 cm³/mol. The zero-order valence-corrected chi connectivity index (χ0v) is 13.6. The Balaban J connectivity index is 1.68. The second-order valence-corrected chi connectivity index (χ2v) is 5.45. The lowest BCUT2D eigenvalue weighted by Gasteiger charge is -2.05. The first kappa shape index (κ1) is 17.5. The number of hydrogen-bond acceptors (Lipinski definition) is 3. The molecule has 0 aliphatic rings. The number of benzene rings is 2. The van der Waals surface area contributed by atoms with Gasteiger partial charge in [-0.2, -0.15) is 23.4 Å². The van der Waals surface area contributed by atoms with E-state index in [0.29, 0.717) is 5.56 Å². The number of nitrogens with zero attached hydrogens (tertiary/aromatic N) is 3. The minimum Gasteiger partial charge on any atom is -0.256 e. The first-order valence-corrected chi connectivity index (χ1v) is 7.77. The van der Waals surface area contributed by atoms with Gasteiger partial charge in [-0.3, -0.25) is 4.98 Å². The second-order valence-electron chi connectivity index (χ2n) is 5.45. The molecule has 0 amide bonds. The topological polar surface area (TPSA) is 37.6 Å². The van der Waals surface area contributed by atoms with Crippen LogP contribution in [0.3, 0.4) is 0 Å². The molecule has 0 unspecified atom stereocenters. The molecule has 3 nitrogen and oxygen atoms in total. The molecule has 1 heterocycles. The van der Waals surface area contributed by atoms with Crippen molar-refractivity contribution >= 4 is 12.4 Å². The van der Waals surface area contributed by atoms with Crippen LogP contribution in [0.1, 0.15) is 16.7 Å². The highest BCUT2D eigenvalue weighted by atomic mass is 19.4. The third-order valence-corrected chi connectivity index (χ3v) is 3.57. The average molecular weight is 353 g/mol. The number of hydrogen-bond donors (Lipinski definition) is 0. The summed E-state index contributed by atoms with van der Waals surface area (Å²) in [6.45, 7) is 0. The van der Waals surface area contributed by atoms with Gasteiger partial charge in [0.15, 0.2) is 0 Å². The van der Waals surface area contributed by atoms with E-state index in [4.69, 9.17) is 0 Å². The summed E-state index contributed by atoms with van der Waals surface area (Å²) in [4.78, 5) is 4.30. The Morgan fingerprint density at radius 2 is 1.50 bits per heavy atom. The van der Waals surface area contributed by atoms with Crippen LogP contribution in [0, 0.1) is 0 Å². The monoisotopic (exact) mass is 353 g/mol. The molecule has 26 heavy (non-hydrogen) atoms. The second kappa shape index (κ2) is 7.74. The molecular weight excluding hydrogens is 339 g/mol. The molecule has 0 N–H and O–H groups in total. The summed E-state index contributed by atoms with van der Waals surface area (Å²) in [6.07, 6.45) is 0.364. The van der Waals surface area contributed by atoms with Gasteiger partial charge in [-0.1, -0.05) is 36.4 Å². The highest BCUT2D eigenvalue weighted by molar-refractivity contribution is 5.84. The molecule has 0 bridgehead atoms. The normalized spacial score (nSPS) is 12.1. The summed E-state index contributed by atoms with van der Waals surface area (Å²) >= 11 is 0. The molecule has 0 atom stereocenters. The molecule has 0 spiro atoms. The first-order chi connectivity index (χ1) is 12.5. The van der Waals surface area contributed by atoms with E-state index in [1.807, 2.05) is 42.5 Å². The molecule has 6 heteroatoms. The van der Waals surface area contributed by atoms with Gasteiger partial charge in [0.2, 0.25) is 0 Å². The van der Waals surface area contributed by atoms with Gasteiger partial charge in [0.25, 0.3) is 0 Å². The van der Waals surface area contributed by atoms with Crippen LogP contribution in [0.25, 0.3) is 11.3 Å². The zero-order chi connectivity index (χ0) is 18.4. The summed E-state index contributed by atoms with van der Waals surface area (Å²) in [5.74, 6) is 0. The van der Waals surface area contributed by atoms with Gasteiger partial charge in [-0.05, 0) is 41.5 Å². The predicted octanol–water partition coefficient (Wildman–Crippen LogP) is 5.22. The largest absolute Gasteiger partial charge is 0.416 e. The van der Waals surface area contributed by atoms with Crippen molar-refractivity contribution in [2.24, 2.45) is 10.2 Å². The quantitative estimate of drug-likeness (QED) is 0.468. The van der Waals surface area contributed by atoms with Crippen molar-refractivity contribution in [3.05, 3.63) is 89.6 Å². The van der Waals surface area contributed by atoms with Crippen molar-refractivity contribution in [2.45, 2.75) is 6.18 Å². The van der Waals surface area contributed by atoms with Gasteiger partial charge in [0.1, 0.15) is 0 Å². The summed E-state index contributed by atoms with van der Waals surface area (Å²) < 4.78 is 37.5. The van der Waals surface area contributed by atoms with Gasteiger partial charge in [0.05, 0.1) is 23.7 Å². The van der Waals surface area contributed by atoms with Crippen LogP contribution in [-0.2, 0) is 6.18 Å². The number of aromatic nitrogens is 1. The highest BCUT2D eigenvalue weighted by Gasteiger charge is 2.29. The summed E-state index contributed by atoms with van der Waals surface area (Å²) in [7, 11) is 0. The highest BCUT2D eigenvalue weighted by Crippen LogP contribution is 2.28. The Morgan fingerprint density at radius 1 is 0.769 bits per heavy atom. The van der Waals surface area contributed by atoms with E-state index < -0.39 is 11.7 Å². The van der Waals surface area contributed by atoms with Crippen LogP contribution in [0.4, 0.5) is 13.2 Å². The molecule has 0 fully saturated rings. The lowest BCUT2D eigenvalue weighted by atomic mass is 10.1. The van der Waals surface area contributed by atoms with E-state index in [1.165, 1.54) is 18.3 Å². The molecule has 1 aromatic heterocycles. The van der Waals surface area contributed by atoms with Crippen LogP contribution < -0.4 is 0 Å². The van der Waals surface area contributed by atoms with E-state index in [2.05, 4.69) is 15.2 Å². The van der Waals surface area contributed by atoms with Crippen molar-refractivity contribution in [1.29, 1.82) is 0 Å². The van der Waals surface area contributed by atoms with E-state index in [-0.39, 0.29) is 0 Å². The molecule has 2 aromatic carbocycles. The fourth-order valence-corrected chi connectivity index (χ4v) is 2.27. The number of rotatable bonds is 4. The Morgan fingerprint density at radius 3 is 2.15 bits per heavy atom. The molecule has 0 saturated carbocycles. The molecule has 0 saturated heterocycles. The van der Waals surface area contributed by atoms with Gasteiger partial charge < -0.3 is 0 Å². The molecule has 3 aromatic rings. The number of halogens is 3. The minimum absolute atomic E-state index is 0.539. The summed E-state index contributed by atoms with van der Waals surface area (Å²) in [5, 5.41) is 7.82. The van der Waals surface area contributed by atoms with Crippen LogP contribution in [-0.4, -0.2) is 17.4 Å². The van der Waals surface area contributed by atoms with E-state index in [9.17, 15) is 13.2 Å². The third kappa shape index (κ3) is 4.63. The lowest BCUT2D eigenvalue weighted by molar-refractivity contribution is -0.137. The summed E-state index contributed by atoms with van der Waals surface area (Å²) in [5.41, 5.74) is 2.51. The maximum absolute atomic E-state index is 12.5. The van der Waals surface area contributed by atoms with Crippen molar-refractivity contribution in [3.63, 3.8) is 0 Å². The van der Waals surface area contributed by atoms with Crippen LogP contribution in [0.2, 0.25) is 0 Å². The van der Waals surface area contributed by atoms with Crippen LogP contribution in [0.15, 0.2) is 83.1 Å². The molecule has 0 aliphatic carbocycles. The maximum atomic E-state index is 12.5. The molecular formula is C20H14F3N3. The smallest absolute Gasteiger partial charge is 0.256 e. The molecule has 0 aliphatic heterocycles. The van der Waals surface area contributed by atoms with Crippen molar-refractivity contribution in [1.82, 2.24) is 4.98 Å². The SMILES string of the molecule is FC(F)(F)c1ccc(C=NN=Cc2cccc(-c3ccccn3)c2)cc1. The number of pyridine rings is 1. The van der Waals surface area contributed by atoms with Crippen molar-refractivity contribution in [3.8, 4) is 11.3 Å². The Hall–Kier alpha value is -3.28. The fourth-order valence-electron chi connectivity index (χ4n) is 2.27. The average Bonchev–Trinajstić information content (AvgIpc) is 2.66. The van der Waals surface area contributed by atoms with E-state index in [0.717, 1.165) is 29.0 Å². The lowest BCUT2D eigenvalue weighted by Crippen LogP contribution is -2.04. The Kier molecular flexibility index (Phi) is 5.22. The van der Waals surface area contributed by atoms with Crippen LogP contribution >= 0.6 is 0 Å². The van der Waals surface area contributed by atoms with E-state index in [1.54, 1.807) is 12.4 Å². The van der Waals surface area contributed by atoms with E-state index >= 15 is 0 Å². The van der Waals surface area contributed by atoms with Crippen LogP contribution in [0.5, 0.6) is 0 Å². The van der Waals surface area contributed by atoms with Gasteiger partial charge in [-0.15, -0.1) is 0 Å². The van der Waals surface area contributed by atoms with Gasteiger partial charge in [-0.25, -0.2) is 0 Å². The third-order valence-electron chi connectivity index (χ3n) is 3.57. The molecule has 3 rings (SSSR count). The fraction of sp³-hybridized carbons (Fsp3) is 0.0500. The minimum atomic E-state index is -4.34. The summed E-state index contributed by atoms with van der Waals surface area (Å²) in [6, 6.07) is 18.1. The Bertz CT molecular complexity index is 915. The van der Waals surface area contributed by atoms with Crippen molar-refractivity contribution in [2.75, 3.05) is 0 Å². The van der Waals surface area contributed by atoms with Gasteiger partial charge in [0, 0.05) is 11.8 Å².